The van der Waals surface area contributed by atoms with Gasteiger partial charge in [-0.05, 0) is 52.2 Å². The highest BCUT2D eigenvalue weighted by molar-refractivity contribution is 6.10. The van der Waals surface area contributed by atoms with Crippen LogP contribution in [0.3, 0.4) is 0 Å². The van der Waals surface area contributed by atoms with Crippen LogP contribution in [-0.4, -0.2) is 50.2 Å². The molecule has 0 radical (unpaired) electrons. The fourth-order valence-electron chi connectivity index (χ4n) is 2.41. The smallest absolute Gasteiger partial charge is 0.193 e. The molecular formula is C21H26N2O2. The lowest BCUT2D eigenvalue weighted by Crippen LogP contribution is -2.45. The highest BCUT2D eigenvalue weighted by atomic mass is 16.1. The number of rotatable bonds is 6. The molecule has 0 aliphatic rings. The number of nitrogens with zero attached hydrogens (tertiary/aromatic N) is 2. The summed E-state index contributed by atoms with van der Waals surface area (Å²) in [5, 5.41) is 0. The van der Waals surface area contributed by atoms with E-state index in [-0.39, 0.29) is 11.6 Å². The maximum Gasteiger partial charge on any atom is 0.193 e. The Kier molecular flexibility index (Phi) is 5.43. The molecule has 2 rings (SSSR count). The molecule has 0 saturated carbocycles. The zero-order valence-electron chi connectivity index (χ0n) is 15.8. The molecule has 4 heteroatoms. The molecule has 0 spiro atoms. The number of carbonyl (C=O) groups excluding carboxylic acids is 2. The SMILES string of the molecule is CN(C)c1ccc(C(=O)c2ccc(C(=O)C(C)(C)N(C)C)cc2)cc1. The highest BCUT2D eigenvalue weighted by Gasteiger charge is 2.30. The first-order chi connectivity index (χ1) is 11.6. The number of likely N-dealkylation sites (N-methyl/N-ethyl adjacent to an activating group) is 1. The number of anilines is 1. The fourth-order valence-corrected chi connectivity index (χ4v) is 2.41. The van der Waals surface area contributed by atoms with Gasteiger partial charge in [-0.25, -0.2) is 0 Å². The van der Waals surface area contributed by atoms with E-state index in [4.69, 9.17) is 0 Å². The molecule has 0 amide bonds. The zero-order chi connectivity index (χ0) is 18.8. The Balaban J connectivity index is 2.22. The van der Waals surface area contributed by atoms with E-state index in [0.29, 0.717) is 16.7 Å². The van der Waals surface area contributed by atoms with Gasteiger partial charge in [0, 0.05) is 36.5 Å². The zero-order valence-corrected chi connectivity index (χ0v) is 15.8. The minimum atomic E-state index is -0.590. The molecule has 132 valence electrons. The van der Waals surface area contributed by atoms with E-state index < -0.39 is 5.54 Å². The van der Waals surface area contributed by atoms with Crippen molar-refractivity contribution in [1.29, 1.82) is 0 Å². The van der Waals surface area contributed by atoms with Gasteiger partial charge in [-0.15, -0.1) is 0 Å². The van der Waals surface area contributed by atoms with Crippen LogP contribution in [0.5, 0.6) is 0 Å². The van der Waals surface area contributed by atoms with Crippen LogP contribution >= 0.6 is 0 Å². The lowest BCUT2D eigenvalue weighted by Gasteiger charge is -2.30. The Hall–Kier alpha value is -2.46. The van der Waals surface area contributed by atoms with Crippen LogP contribution in [0, 0.1) is 0 Å². The Bertz CT molecular complexity index is 757. The molecule has 0 aromatic heterocycles. The lowest BCUT2D eigenvalue weighted by molar-refractivity contribution is 0.0755. The third-order valence-electron chi connectivity index (χ3n) is 4.73. The molecule has 0 saturated heterocycles. The Labute approximate surface area is 150 Å². The van der Waals surface area contributed by atoms with Gasteiger partial charge in [-0.2, -0.15) is 0 Å². The molecule has 2 aromatic carbocycles. The predicted molar refractivity (Wildman–Crippen MR) is 103 cm³/mol. The quantitative estimate of drug-likeness (QED) is 0.756. The minimum Gasteiger partial charge on any atom is -0.378 e. The van der Waals surface area contributed by atoms with Crippen molar-refractivity contribution in [2.24, 2.45) is 0 Å². The Morgan fingerprint density at radius 2 is 1.12 bits per heavy atom. The summed E-state index contributed by atoms with van der Waals surface area (Å²) in [5.74, 6) is -0.0111. The van der Waals surface area contributed by atoms with Crippen molar-refractivity contribution in [1.82, 2.24) is 4.90 Å². The van der Waals surface area contributed by atoms with Crippen LogP contribution < -0.4 is 4.90 Å². The molecule has 0 fully saturated rings. The van der Waals surface area contributed by atoms with Gasteiger partial charge in [0.2, 0.25) is 0 Å². The van der Waals surface area contributed by atoms with Gasteiger partial charge in [0.25, 0.3) is 0 Å². The number of carbonyl (C=O) groups is 2. The van der Waals surface area contributed by atoms with Gasteiger partial charge in [-0.3, -0.25) is 14.5 Å². The van der Waals surface area contributed by atoms with Gasteiger partial charge < -0.3 is 4.90 Å². The second-order valence-corrected chi connectivity index (χ2v) is 7.13. The van der Waals surface area contributed by atoms with E-state index in [1.54, 1.807) is 24.3 Å². The molecule has 2 aromatic rings. The van der Waals surface area contributed by atoms with Crippen molar-refractivity contribution >= 4 is 17.3 Å². The summed E-state index contributed by atoms with van der Waals surface area (Å²) >= 11 is 0. The summed E-state index contributed by atoms with van der Waals surface area (Å²) in [6, 6.07) is 14.4. The maximum absolute atomic E-state index is 12.6. The minimum absolute atomic E-state index is 0.0341. The van der Waals surface area contributed by atoms with Crippen molar-refractivity contribution in [3.8, 4) is 0 Å². The first kappa shape index (κ1) is 18.9. The second kappa shape index (κ2) is 7.19. The summed E-state index contributed by atoms with van der Waals surface area (Å²) < 4.78 is 0. The summed E-state index contributed by atoms with van der Waals surface area (Å²) in [7, 11) is 7.68. The van der Waals surface area contributed by atoms with E-state index in [0.717, 1.165) is 5.69 Å². The average molecular weight is 338 g/mol. The fraction of sp³-hybridized carbons (Fsp3) is 0.333. The normalized spacial score (nSPS) is 11.5. The maximum atomic E-state index is 12.6. The molecule has 0 bridgehead atoms. The average Bonchev–Trinajstić information content (AvgIpc) is 2.60. The monoisotopic (exact) mass is 338 g/mol. The number of hydrogen-bond donors (Lipinski definition) is 0. The van der Waals surface area contributed by atoms with Crippen LogP contribution in [0.25, 0.3) is 0 Å². The molecule has 0 aliphatic heterocycles. The van der Waals surface area contributed by atoms with Crippen molar-refractivity contribution in [3.05, 3.63) is 65.2 Å². The van der Waals surface area contributed by atoms with E-state index in [1.807, 2.05) is 76.1 Å². The van der Waals surface area contributed by atoms with Gasteiger partial charge in [-0.1, -0.05) is 24.3 Å². The van der Waals surface area contributed by atoms with Gasteiger partial charge in [0.1, 0.15) is 0 Å². The predicted octanol–water partition coefficient (Wildman–Crippen LogP) is 3.51. The van der Waals surface area contributed by atoms with Crippen LogP contribution in [0.2, 0.25) is 0 Å². The largest absolute Gasteiger partial charge is 0.378 e. The van der Waals surface area contributed by atoms with E-state index >= 15 is 0 Å². The van der Waals surface area contributed by atoms with Crippen molar-refractivity contribution in [3.63, 3.8) is 0 Å². The Morgan fingerprint density at radius 1 is 0.720 bits per heavy atom. The van der Waals surface area contributed by atoms with Gasteiger partial charge in [0.05, 0.1) is 5.54 Å². The van der Waals surface area contributed by atoms with E-state index in [1.165, 1.54) is 0 Å². The topological polar surface area (TPSA) is 40.6 Å². The van der Waals surface area contributed by atoms with Gasteiger partial charge >= 0.3 is 0 Å². The summed E-state index contributed by atoms with van der Waals surface area (Å²) in [4.78, 5) is 29.1. The first-order valence-corrected chi connectivity index (χ1v) is 8.29. The van der Waals surface area contributed by atoms with Crippen LogP contribution in [-0.2, 0) is 0 Å². The molecule has 0 heterocycles. The van der Waals surface area contributed by atoms with Crippen molar-refractivity contribution in [2.75, 3.05) is 33.1 Å². The molecule has 4 nitrogen and oxygen atoms in total. The molecule has 25 heavy (non-hydrogen) atoms. The number of benzene rings is 2. The van der Waals surface area contributed by atoms with Crippen molar-refractivity contribution in [2.45, 2.75) is 19.4 Å². The summed E-state index contributed by atoms with van der Waals surface area (Å²) in [6.07, 6.45) is 0. The first-order valence-electron chi connectivity index (χ1n) is 8.29. The second-order valence-electron chi connectivity index (χ2n) is 7.13. The lowest BCUT2D eigenvalue weighted by atomic mass is 9.91. The summed E-state index contributed by atoms with van der Waals surface area (Å²) in [6.45, 7) is 3.78. The van der Waals surface area contributed by atoms with E-state index in [2.05, 4.69) is 0 Å². The number of hydrogen-bond acceptors (Lipinski definition) is 4. The van der Waals surface area contributed by atoms with Crippen LogP contribution in [0.15, 0.2) is 48.5 Å². The third-order valence-corrected chi connectivity index (χ3v) is 4.73. The molecular weight excluding hydrogens is 312 g/mol. The third kappa shape index (κ3) is 3.97. The van der Waals surface area contributed by atoms with Gasteiger partial charge in [0.15, 0.2) is 11.6 Å². The molecule has 0 aliphatic carbocycles. The molecule has 0 atom stereocenters. The Morgan fingerprint density at radius 3 is 1.52 bits per heavy atom. The standard InChI is InChI=1S/C21H26N2O2/c1-21(2,23(5)6)20(25)17-9-7-15(8-10-17)19(24)16-11-13-18(14-12-16)22(3)4/h7-14H,1-6H3. The van der Waals surface area contributed by atoms with Crippen molar-refractivity contribution < 1.29 is 9.59 Å². The van der Waals surface area contributed by atoms with Crippen LogP contribution in [0.4, 0.5) is 5.69 Å². The highest BCUT2D eigenvalue weighted by Crippen LogP contribution is 2.20. The van der Waals surface area contributed by atoms with E-state index in [9.17, 15) is 9.59 Å². The van der Waals surface area contributed by atoms with Crippen LogP contribution in [0.1, 0.15) is 40.1 Å². The summed E-state index contributed by atoms with van der Waals surface area (Å²) in [5.41, 5.74) is 2.28. The number of Topliss-reactive ketones (excluding diaryl/α,β-unsaturated/α-hetero) is 1. The molecule has 0 unspecified atom stereocenters. The number of ketones is 2. The molecule has 0 N–H and O–H groups in total.